The Morgan fingerprint density at radius 2 is 2.05 bits per heavy atom. The summed E-state index contributed by atoms with van der Waals surface area (Å²) < 4.78 is 5.24. The van der Waals surface area contributed by atoms with Gasteiger partial charge in [-0.25, -0.2) is 4.79 Å². The number of aliphatic hydroxyl groups excluding tert-OH is 1. The number of hydrogen-bond donors (Lipinski definition) is 3. The molecule has 3 unspecified atom stereocenters. The summed E-state index contributed by atoms with van der Waals surface area (Å²) in [5.41, 5.74) is 0. The average molecular weight is 300 g/mol. The Labute approximate surface area is 124 Å². The summed E-state index contributed by atoms with van der Waals surface area (Å²) in [6, 6.07) is -0.563. The zero-order valence-corrected chi connectivity index (χ0v) is 12.2. The van der Waals surface area contributed by atoms with Crippen LogP contribution in [0.4, 0.5) is 4.79 Å². The lowest BCUT2D eigenvalue weighted by molar-refractivity contribution is -0.144. The van der Waals surface area contributed by atoms with Crippen molar-refractivity contribution < 1.29 is 24.5 Å². The van der Waals surface area contributed by atoms with Crippen LogP contribution in [-0.4, -0.2) is 66.1 Å². The predicted molar refractivity (Wildman–Crippen MR) is 74.9 cm³/mol. The number of carbonyl (C=O) groups excluding carboxylic acids is 1. The van der Waals surface area contributed by atoms with E-state index in [-0.39, 0.29) is 30.5 Å². The number of carboxylic acids is 1. The van der Waals surface area contributed by atoms with Crippen molar-refractivity contribution in [2.45, 2.75) is 31.7 Å². The molecule has 1 saturated carbocycles. The third-order valence-corrected chi connectivity index (χ3v) is 4.44. The molecule has 0 aromatic rings. The van der Waals surface area contributed by atoms with E-state index in [0.717, 1.165) is 19.3 Å². The number of aliphatic hydroxyl groups is 1. The Kier molecular flexibility index (Phi) is 5.81. The van der Waals surface area contributed by atoms with Gasteiger partial charge in [-0.15, -0.1) is 0 Å². The van der Waals surface area contributed by atoms with E-state index in [9.17, 15) is 19.8 Å². The molecule has 120 valence electrons. The van der Waals surface area contributed by atoms with Crippen LogP contribution in [-0.2, 0) is 9.53 Å². The number of nitrogens with one attached hydrogen (secondary N) is 1. The first-order valence-corrected chi connectivity index (χ1v) is 7.59. The molecule has 21 heavy (non-hydrogen) atoms. The van der Waals surface area contributed by atoms with Crippen LogP contribution in [0.15, 0.2) is 0 Å². The highest BCUT2D eigenvalue weighted by molar-refractivity contribution is 5.75. The fraction of sp³-hybridized carbons (Fsp3) is 0.857. The number of morpholine rings is 1. The van der Waals surface area contributed by atoms with E-state index in [2.05, 4.69) is 5.32 Å². The van der Waals surface area contributed by atoms with Crippen molar-refractivity contribution in [3.8, 4) is 0 Å². The SMILES string of the molecule is O=C(O)C1CCCCC1CNC(=O)N1CCOCC1CO. The van der Waals surface area contributed by atoms with Gasteiger partial charge in [-0.05, 0) is 18.8 Å². The maximum Gasteiger partial charge on any atom is 0.317 e. The minimum atomic E-state index is -0.770. The van der Waals surface area contributed by atoms with Gasteiger partial charge in [0.1, 0.15) is 0 Å². The molecule has 0 aromatic carbocycles. The molecule has 1 heterocycles. The highest BCUT2D eigenvalue weighted by Gasteiger charge is 2.32. The Hall–Kier alpha value is -1.34. The van der Waals surface area contributed by atoms with E-state index in [0.29, 0.717) is 32.7 Å². The number of nitrogens with zero attached hydrogens (tertiary/aromatic N) is 1. The molecule has 3 N–H and O–H groups in total. The quantitative estimate of drug-likeness (QED) is 0.692. The van der Waals surface area contributed by atoms with E-state index in [1.54, 1.807) is 4.90 Å². The van der Waals surface area contributed by atoms with Crippen molar-refractivity contribution >= 4 is 12.0 Å². The second-order valence-electron chi connectivity index (χ2n) is 5.78. The number of rotatable bonds is 4. The van der Waals surface area contributed by atoms with Gasteiger partial charge in [-0.2, -0.15) is 0 Å². The van der Waals surface area contributed by atoms with Gasteiger partial charge in [0.15, 0.2) is 0 Å². The molecule has 1 saturated heterocycles. The van der Waals surface area contributed by atoms with Gasteiger partial charge in [0.25, 0.3) is 0 Å². The lowest BCUT2D eigenvalue weighted by Gasteiger charge is -2.35. The first-order valence-electron chi connectivity index (χ1n) is 7.59. The normalized spacial score (nSPS) is 30.0. The van der Waals surface area contributed by atoms with Gasteiger partial charge in [0, 0.05) is 13.1 Å². The maximum absolute atomic E-state index is 12.2. The van der Waals surface area contributed by atoms with Crippen molar-refractivity contribution in [1.29, 1.82) is 0 Å². The molecular formula is C14H24N2O5. The molecule has 7 heteroatoms. The molecule has 0 aromatic heterocycles. The van der Waals surface area contributed by atoms with E-state index in [4.69, 9.17) is 4.74 Å². The summed E-state index contributed by atoms with van der Waals surface area (Å²) in [4.78, 5) is 25.0. The molecule has 0 bridgehead atoms. The largest absolute Gasteiger partial charge is 0.481 e. The third kappa shape index (κ3) is 4.07. The van der Waals surface area contributed by atoms with Crippen LogP contribution in [0.1, 0.15) is 25.7 Å². The van der Waals surface area contributed by atoms with Gasteiger partial charge in [-0.1, -0.05) is 12.8 Å². The fourth-order valence-electron chi connectivity index (χ4n) is 3.17. The number of urea groups is 1. The van der Waals surface area contributed by atoms with Crippen molar-refractivity contribution in [1.82, 2.24) is 10.2 Å². The number of carbonyl (C=O) groups is 2. The van der Waals surface area contributed by atoms with Gasteiger partial charge < -0.3 is 25.2 Å². The Bertz CT molecular complexity index is 376. The molecule has 0 radical (unpaired) electrons. The molecule has 1 aliphatic carbocycles. The second-order valence-corrected chi connectivity index (χ2v) is 5.78. The molecule has 2 amide bonds. The topological polar surface area (TPSA) is 99.1 Å². The minimum absolute atomic E-state index is 0.00572. The Morgan fingerprint density at radius 3 is 2.76 bits per heavy atom. The highest BCUT2D eigenvalue weighted by Crippen LogP contribution is 2.29. The molecule has 7 nitrogen and oxygen atoms in total. The van der Waals surface area contributed by atoms with Crippen LogP contribution in [0.5, 0.6) is 0 Å². The van der Waals surface area contributed by atoms with E-state index >= 15 is 0 Å². The number of hydrogen-bond acceptors (Lipinski definition) is 4. The van der Waals surface area contributed by atoms with Gasteiger partial charge >= 0.3 is 12.0 Å². The second kappa shape index (κ2) is 7.61. The van der Waals surface area contributed by atoms with Crippen LogP contribution in [0.3, 0.4) is 0 Å². The molecule has 2 rings (SSSR count). The highest BCUT2D eigenvalue weighted by atomic mass is 16.5. The summed E-state index contributed by atoms with van der Waals surface area (Å²) in [6.45, 7) is 1.50. The Balaban J connectivity index is 1.85. The average Bonchev–Trinajstić information content (AvgIpc) is 2.52. The van der Waals surface area contributed by atoms with Crippen molar-refractivity contribution in [3.05, 3.63) is 0 Å². The number of ether oxygens (including phenoxy) is 1. The molecule has 2 fully saturated rings. The number of aliphatic carboxylic acids is 1. The van der Waals surface area contributed by atoms with Crippen LogP contribution in [0.2, 0.25) is 0 Å². The summed E-state index contributed by atoms with van der Waals surface area (Å²) >= 11 is 0. The molecule has 0 spiro atoms. The predicted octanol–water partition coefficient (Wildman–Crippen LogP) is 0.280. The zero-order valence-electron chi connectivity index (χ0n) is 12.2. The Morgan fingerprint density at radius 1 is 1.29 bits per heavy atom. The van der Waals surface area contributed by atoms with E-state index in [1.165, 1.54) is 0 Å². The standard InChI is InChI=1S/C14H24N2O5/c17-8-11-9-21-6-5-16(11)14(20)15-7-10-3-1-2-4-12(10)13(18)19/h10-12,17H,1-9H2,(H,15,20)(H,18,19). The summed E-state index contributed by atoms with van der Waals surface area (Å²) in [7, 11) is 0. The first kappa shape index (κ1) is 16.0. The first-order chi connectivity index (χ1) is 10.1. The van der Waals surface area contributed by atoms with Crippen molar-refractivity contribution in [2.24, 2.45) is 11.8 Å². The van der Waals surface area contributed by atoms with Crippen LogP contribution in [0, 0.1) is 11.8 Å². The van der Waals surface area contributed by atoms with E-state index in [1.807, 2.05) is 0 Å². The fourth-order valence-corrected chi connectivity index (χ4v) is 3.17. The minimum Gasteiger partial charge on any atom is -0.481 e. The number of carboxylic acid groups (broad SMARTS) is 1. The van der Waals surface area contributed by atoms with Gasteiger partial charge in [0.05, 0.1) is 31.8 Å². The van der Waals surface area contributed by atoms with Crippen molar-refractivity contribution in [2.75, 3.05) is 32.9 Å². The van der Waals surface area contributed by atoms with Gasteiger partial charge in [0.2, 0.25) is 0 Å². The molecule has 3 atom stereocenters. The van der Waals surface area contributed by atoms with Crippen molar-refractivity contribution in [3.63, 3.8) is 0 Å². The lowest BCUT2D eigenvalue weighted by atomic mass is 9.79. The molecule has 2 aliphatic rings. The molecule has 1 aliphatic heterocycles. The number of amides is 2. The summed E-state index contributed by atoms with van der Waals surface area (Å²) in [5, 5.41) is 21.3. The van der Waals surface area contributed by atoms with Crippen LogP contribution >= 0.6 is 0 Å². The monoisotopic (exact) mass is 300 g/mol. The van der Waals surface area contributed by atoms with Crippen LogP contribution in [0.25, 0.3) is 0 Å². The smallest absolute Gasteiger partial charge is 0.317 e. The summed E-state index contributed by atoms with van der Waals surface area (Å²) in [5.74, 6) is -1.14. The molecular weight excluding hydrogens is 276 g/mol. The van der Waals surface area contributed by atoms with Gasteiger partial charge in [-0.3, -0.25) is 4.79 Å². The summed E-state index contributed by atoms with van der Waals surface area (Å²) in [6.07, 6.45) is 3.48. The maximum atomic E-state index is 12.2. The third-order valence-electron chi connectivity index (χ3n) is 4.44. The van der Waals surface area contributed by atoms with E-state index < -0.39 is 5.97 Å². The lowest BCUT2D eigenvalue weighted by Crippen LogP contribution is -2.54. The van der Waals surface area contributed by atoms with Crippen LogP contribution < -0.4 is 5.32 Å². The zero-order chi connectivity index (χ0) is 15.2.